The summed E-state index contributed by atoms with van der Waals surface area (Å²) in [4.78, 5) is 0. The van der Waals surface area contributed by atoms with Gasteiger partial charge in [0.05, 0.1) is 21.6 Å². The van der Waals surface area contributed by atoms with Crippen LogP contribution >= 0.6 is 12.0 Å². The molecule has 2 aromatic rings. The summed E-state index contributed by atoms with van der Waals surface area (Å²) in [5.41, 5.74) is 1.97. The van der Waals surface area contributed by atoms with Crippen molar-refractivity contribution < 1.29 is 105 Å². The molecule has 0 aliphatic rings. The third kappa shape index (κ3) is 14.0. The molecule has 2 unspecified atom stereocenters. The first kappa shape index (κ1) is 39.5. The minimum atomic E-state index is -4.37. The fourth-order valence-corrected chi connectivity index (χ4v) is 7.18. The van der Waals surface area contributed by atoms with Crippen molar-refractivity contribution in [2.75, 3.05) is 23.0 Å². The first-order valence-electron chi connectivity index (χ1n) is 11.2. The molecular formula is C23H30Na2O10S4. The summed E-state index contributed by atoms with van der Waals surface area (Å²) < 4.78 is 61.3. The van der Waals surface area contributed by atoms with E-state index < -0.39 is 42.9 Å². The third-order valence-electron chi connectivity index (χ3n) is 5.68. The summed E-state index contributed by atoms with van der Waals surface area (Å²) in [6, 6.07) is 10.0. The molecule has 0 aliphatic carbocycles. The molecule has 2 atom stereocenters. The molecule has 2 N–H and O–H groups in total. The van der Waals surface area contributed by atoms with Gasteiger partial charge in [-0.1, -0.05) is 38.1 Å². The first-order valence-corrected chi connectivity index (χ1v) is 16.7. The predicted octanol–water partition coefficient (Wildman–Crippen LogP) is -3.87. The van der Waals surface area contributed by atoms with Gasteiger partial charge in [-0.2, -0.15) is 4.33 Å². The molecular weight excluding hydrogens is 610 g/mol. The molecule has 0 heterocycles. The molecule has 208 valence electrons. The SMILES string of the molecule is CC(C)(c1ccc(O)c(CS(=O)CCCSOO[O-])c1)c1ccc(O)c(CS(=O)CCCS(=O)(=O)[O-])c1.[Na+].[Na+]. The molecule has 0 amide bonds. The van der Waals surface area contributed by atoms with Crippen molar-refractivity contribution in [2.45, 2.75) is 43.6 Å². The fraction of sp³-hybridized carbons (Fsp3) is 0.478. The van der Waals surface area contributed by atoms with Crippen LogP contribution < -0.4 is 64.4 Å². The summed E-state index contributed by atoms with van der Waals surface area (Å²) in [5, 5.41) is 33.7. The average Bonchev–Trinajstić information content (AvgIpc) is 2.80. The van der Waals surface area contributed by atoms with Crippen LogP contribution in [-0.2, 0) is 58.0 Å². The molecule has 0 saturated carbocycles. The standard InChI is InChI=1S/C23H32O10S4.2Na/c1-23(2,19-5-7-21(24)17(13-19)15-35(27)10-3-9-34-33-32-26)20-6-8-22(25)18(14-20)16-36(28)11-4-12-37(29,30)31;;/h5-8,13-14,24-26H,3-4,9-12,15-16H2,1-2H3,(H,29,30,31);;/q;2*+1/p-2. The maximum absolute atomic E-state index is 12.5. The van der Waals surface area contributed by atoms with E-state index in [9.17, 15) is 36.9 Å². The number of hydrogen-bond acceptors (Lipinski definition) is 11. The number of hydrogen-bond donors (Lipinski definition) is 2. The molecule has 0 saturated heterocycles. The number of benzene rings is 2. The molecule has 0 fully saturated rings. The van der Waals surface area contributed by atoms with E-state index in [0.717, 1.165) is 23.2 Å². The zero-order chi connectivity index (χ0) is 27.6. The van der Waals surface area contributed by atoms with Crippen LogP contribution in [0, 0.1) is 0 Å². The molecule has 16 heteroatoms. The minimum Gasteiger partial charge on any atom is -0.748 e. The Hall–Kier alpha value is 0.480. The monoisotopic (exact) mass is 640 g/mol. The van der Waals surface area contributed by atoms with Gasteiger partial charge in [-0.25, -0.2) is 8.42 Å². The van der Waals surface area contributed by atoms with Gasteiger partial charge in [-0.3, -0.25) is 13.5 Å². The summed E-state index contributed by atoms with van der Waals surface area (Å²) in [5.74, 6) is 0.321. The Labute approximate surface area is 283 Å². The van der Waals surface area contributed by atoms with E-state index in [4.69, 9.17) is 0 Å². The van der Waals surface area contributed by atoms with E-state index in [2.05, 4.69) is 9.37 Å². The second-order valence-electron chi connectivity index (χ2n) is 8.82. The zero-order valence-electron chi connectivity index (χ0n) is 22.4. The van der Waals surface area contributed by atoms with Crippen molar-refractivity contribution in [1.82, 2.24) is 0 Å². The Kier molecular flexibility index (Phi) is 19.1. The Bertz CT molecular complexity index is 1210. The first-order chi connectivity index (χ1) is 17.3. The van der Waals surface area contributed by atoms with Gasteiger partial charge < -0.3 is 20.0 Å². The maximum atomic E-state index is 12.5. The Morgan fingerprint density at radius 1 is 0.897 bits per heavy atom. The quantitative estimate of drug-likeness (QED) is 0.0459. The van der Waals surface area contributed by atoms with Crippen LogP contribution in [0.3, 0.4) is 0 Å². The van der Waals surface area contributed by atoms with E-state index in [1.54, 1.807) is 30.3 Å². The topological polar surface area (TPSA) is 173 Å². The molecule has 39 heavy (non-hydrogen) atoms. The van der Waals surface area contributed by atoms with E-state index in [1.807, 2.05) is 13.8 Å². The van der Waals surface area contributed by atoms with Crippen LogP contribution in [0.5, 0.6) is 11.5 Å². The smallest absolute Gasteiger partial charge is 0.748 e. The molecule has 2 aromatic carbocycles. The third-order valence-corrected chi connectivity index (χ3v) is 9.83. The van der Waals surface area contributed by atoms with Crippen LogP contribution in [0.15, 0.2) is 36.4 Å². The van der Waals surface area contributed by atoms with Gasteiger partial charge in [0.2, 0.25) is 0 Å². The van der Waals surface area contributed by atoms with Gasteiger partial charge in [0.15, 0.2) is 0 Å². The van der Waals surface area contributed by atoms with Crippen LogP contribution in [-0.4, -0.2) is 54.6 Å². The van der Waals surface area contributed by atoms with Crippen molar-refractivity contribution in [3.05, 3.63) is 58.7 Å². The Morgan fingerprint density at radius 2 is 1.36 bits per heavy atom. The van der Waals surface area contributed by atoms with Crippen LogP contribution in [0.1, 0.15) is 48.9 Å². The van der Waals surface area contributed by atoms with Gasteiger partial charge in [-0.05, 0) is 36.1 Å². The van der Waals surface area contributed by atoms with Crippen molar-refractivity contribution in [2.24, 2.45) is 0 Å². The molecule has 0 aliphatic heterocycles. The Balaban J connectivity index is 0.00000722. The number of rotatable bonds is 16. The van der Waals surface area contributed by atoms with Gasteiger partial charge in [0, 0.05) is 73.2 Å². The van der Waals surface area contributed by atoms with Crippen molar-refractivity contribution in [1.29, 1.82) is 0 Å². The van der Waals surface area contributed by atoms with Crippen molar-refractivity contribution in [3.8, 4) is 11.5 Å². The van der Waals surface area contributed by atoms with Crippen LogP contribution in [0.4, 0.5) is 0 Å². The predicted molar refractivity (Wildman–Crippen MR) is 140 cm³/mol. The van der Waals surface area contributed by atoms with Gasteiger partial charge in [0.25, 0.3) is 0 Å². The molecule has 0 radical (unpaired) electrons. The average molecular weight is 641 g/mol. The van der Waals surface area contributed by atoms with E-state index in [0.29, 0.717) is 29.1 Å². The number of aromatic hydroxyl groups is 2. The molecule has 2 rings (SSSR count). The van der Waals surface area contributed by atoms with Crippen molar-refractivity contribution >= 4 is 43.8 Å². The fourth-order valence-electron chi connectivity index (χ4n) is 3.57. The van der Waals surface area contributed by atoms with Gasteiger partial charge in [0.1, 0.15) is 11.5 Å². The number of phenolic OH excluding ortho intramolecular Hbond substituents is 2. The summed E-state index contributed by atoms with van der Waals surface area (Å²) in [6.07, 6.45) is 0.500. The largest absolute Gasteiger partial charge is 1.00 e. The molecule has 10 nitrogen and oxygen atoms in total. The molecule has 0 aromatic heterocycles. The molecule has 0 bridgehead atoms. The van der Waals surface area contributed by atoms with E-state index in [-0.39, 0.29) is 94.3 Å². The van der Waals surface area contributed by atoms with Crippen LogP contribution in [0.25, 0.3) is 0 Å². The second-order valence-corrected chi connectivity index (χ2v) is 14.3. The van der Waals surface area contributed by atoms with E-state index in [1.165, 1.54) is 6.07 Å². The minimum absolute atomic E-state index is 0. The number of phenols is 2. The van der Waals surface area contributed by atoms with E-state index >= 15 is 0 Å². The van der Waals surface area contributed by atoms with Gasteiger partial charge in [-0.15, -0.1) is 0 Å². The van der Waals surface area contributed by atoms with Crippen LogP contribution in [0.2, 0.25) is 0 Å². The van der Waals surface area contributed by atoms with Gasteiger partial charge >= 0.3 is 59.1 Å². The normalized spacial score (nSPS) is 13.2. The summed E-state index contributed by atoms with van der Waals surface area (Å²) >= 11 is 0.826. The zero-order valence-corrected chi connectivity index (χ0v) is 29.7. The summed E-state index contributed by atoms with van der Waals surface area (Å²) in [7, 11) is -7.11. The Morgan fingerprint density at radius 3 is 1.79 bits per heavy atom. The maximum Gasteiger partial charge on any atom is 1.00 e. The van der Waals surface area contributed by atoms with Crippen molar-refractivity contribution in [3.63, 3.8) is 0 Å². The second kappa shape index (κ2) is 18.9. The summed E-state index contributed by atoms with van der Waals surface area (Å²) in [6.45, 7) is 3.89. The molecule has 0 spiro atoms.